The van der Waals surface area contributed by atoms with E-state index in [4.69, 9.17) is 4.74 Å². The molecule has 3 rings (SSSR count). The van der Waals surface area contributed by atoms with Gasteiger partial charge in [0.05, 0.1) is 30.2 Å². The Hall–Kier alpha value is -4.11. The predicted octanol–water partition coefficient (Wildman–Crippen LogP) is 4.48. The van der Waals surface area contributed by atoms with Crippen molar-refractivity contribution in [2.24, 2.45) is 10.2 Å². The third kappa shape index (κ3) is 7.21. The van der Waals surface area contributed by atoms with E-state index in [-0.39, 0.29) is 25.1 Å². The number of aliphatic hydroxyl groups is 1. The Morgan fingerprint density at radius 3 is 2.47 bits per heavy atom. The minimum Gasteiger partial charge on any atom is -0.464 e. The normalized spacial score (nSPS) is 10.8. The molecule has 34 heavy (non-hydrogen) atoms. The summed E-state index contributed by atoms with van der Waals surface area (Å²) < 4.78 is 5.01. The summed E-state index contributed by atoms with van der Waals surface area (Å²) in [5.41, 5.74) is 4.20. The van der Waals surface area contributed by atoms with Crippen molar-refractivity contribution in [3.63, 3.8) is 0 Å². The first-order valence-electron chi connectivity index (χ1n) is 10.8. The van der Waals surface area contributed by atoms with Gasteiger partial charge in [0.15, 0.2) is 0 Å². The number of nitrogens with zero attached hydrogens (tertiary/aromatic N) is 4. The van der Waals surface area contributed by atoms with Crippen LogP contribution in [0.1, 0.15) is 13.8 Å². The lowest BCUT2D eigenvalue weighted by molar-refractivity contribution is -0.140. The fraction of sp³-hybridized carbons (Fsp3) is 0.240. The van der Waals surface area contributed by atoms with Gasteiger partial charge in [-0.2, -0.15) is 5.11 Å². The van der Waals surface area contributed by atoms with Gasteiger partial charge in [0.1, 0.15) is 12.3 Å². The van der Waals surface area contributed by atoms with Gasteiger partial charge < -0.3 is 20.1 Å². The molecular formula is C25H27N5O4. The number of amides is 1. The van der Waals surface area contributed by atoms with Crippen molar-refractivity contribution in [3.05, 3.63) is 66.9 Å². The Kier molecular flexibility index (Phi) is 8.81. The molecule has 0 aliphatic rings. The molecule has 0 bridgehead atoms. The molecule has 0 atom stereocenters. The van der Waals surface area contributed by atoms with Gasteiger partial charge in [-0.15, -0.1) is 5.11 Å². The van der Waals surface area contributed by atoms with Crippen LogP contribution in [0, 0.1) is 0 Å². The molecule has 2 aromatic carbocycles. The summed E-state index contributed by atoms with van der Waals surface area (Å²) in [5.74, 6) is -0.617. The number of pyridine rings is 1. The second-order valence-electron chi connectivity index (χ2n) is 7.40. The Bertz CT molecular complexity index is 1130. The van der Waals surface area contributed by atoms with Gasteiger partial charge in [-0.3, -0.25) is 14.6 Å². The van der Waals surface area contributed by atoms with Crippen LogP contribution < -0.4 is 10.2 Å². The highest BCUT2D eigenvalue weighted by Crippen LogP contribution is 2.32. The van der Waals surface area contributed by atoms with E-state index in [1.807, 2.05) is 53.4 Å². The fourth-order valence-electron chi connectivity index (χ4n) is 3.23. The largest absolute Gasteiger partial charge is 0.464 e. The molecular weight excluding hydrogens is 434 g/mol. The molecule has 176 valence electrons. The standard InChI is InChI=1S/C25H27N5O4/c1-18(32)27-25-17-22(30(13-15-31)14-16-34-19(2)33)10-11-24(25)29-28-21-8-6-20(7-9-21)23-5-3-4-12-26-23/h3-12,17,31H,13-16H2,1-2H3,(H,27,32). The third-order valence-electron chi connectivity index (χ3n) is 4.79. The van der Waals surface area contributed by atoms with Gasteiger partial charge in [0, 0.05) is 37.8 Å². The van der Waals surface area contributed by atoms with Crippen LogP contribution in [0.25, 0.3) is 11.3 Å². The van der Waals surface area contributed by atoms with E-state index in [1.54, 1.807) is 18.3 Å². The van der Waals surface area contributed by atoms with Crippen LogP contribution in [0.5, 0.6) is 0 Å². The minimum absolute atomic E-state index is 0.0779. The van der Waals surface area contributed by atoms with Crippen molar-refractivity contribution in [1.82, 2.24) is 4.98 Å². The van der Waals surface area contributed by atoms with Crippen LogP contribution in [0.2, 0.25) is 0 Å². The number of nitrogens with one attached hydrogen (secondary N) is 1. The van der Waals surface area contributed by atoms with E-state index in [2.05, 4.69) is 20.5 Å². The van der Waals surface area contributed by atoms with Crippen LogP contribution in [-0.2, 0) is 14.3 Å². The molecule has 0 saturated carbocycles. The molecule has 0 unspecified atom stereocenters. The lowest BCUT2D eigenvalue weighted by Crippen LogP contribution is -2.30. The number of anilines is 2. The maximum absolute atomic E-state index is 11.8. The van der Waals surface area contributed by atoms with E-state index in [1.165, 1.54) is 13.8 Å². The number of esters is 1. The number of rotatable bonds is 10. The quantitative estimate of drug-likeness (QED) is 0.340. The van der Waals surface area contributed by atoms with Crippen LogP contribution in [0.3, 0.4) is 0 Å². The molecule has 0 spiro atoms. The number of aliphatic hydroxyl groups excluding tert-OH is 1. The second kappa shape index (κ2) is 12.2. The lowest BCUT2D eigenvalue weighted by atomic mass is 10.1. The van der Waals surface area contributed by atoms with Crippen LogP contribution in [0.15, 0.2) is 77.1 Å². The molecule has 1 heterocycles. The minimum atomic E-state index is -0.369. The molecule has 0 aliphatic heterocycles. The zero-order chi connectivity index (χ0) is 24.3. The van der Waals surface area contributed by atoms with E-state index in [0.29, 0.717) is 30.2 Å². The average molecular weight is 462 g/mol. The van der Waals surface area contributed by atoms with Crippen molar-refractivity contribution >= 4 is 34.6 Å². The SMILES string of the molecule is CC(=O)Nc1cc(N(CCO)CCOC(C)=O)ccc1N=Nc1ccc(-c2ccccn2)cc1. The highest BCUT2D eigenvalue weighted by Gasteiger charge is 2.12. The van der Waals surface area contributed by atoms with Crippen molar-refractivity contribution < 1.29 is 19.4 Å². The van der Waals surface area contributed by atoms with E-state index in [9.17, 15) is 14.7 Å². The number of carbonyl (C=O) groups is 2. The smallest absolute Gasteiger partial charge is 0.302 e. The highest BCUT2D eigenvalue weighted by atomic mass is 16.5. The molecule has 9 heteroatoms. The Morgan fingerprint density at radius 2 is 1.82 bits per heavy atom. The Balaban J connectivity index is 1.80. The molecule has 9 nitrogen and oxygen atoms in total. The summed E-state index contributed by atoms with van der Waals surface area (Å²) in [5, 5.41) is 20.8. The molecule has 0 radical (unpaired) electrons. The zero-order valence-electron chi connectivity index (χ0n) is 19.1. The van der Waals surface area contributed by atoms with E-state index >= 15 is 0 Å². The summed E-state index contributed by atoms with van der Waals surface area (Å²) in [4.78, 5) is 29.0. The summed E-state index contributed by atoms with van der Waals surface area (Å²) in [6, 6.07) is 18.6. The first-order chi connectivity index (χ1) is 16.5. The summed E-state index contributed by atoms with van der Waals surface area (Å²) >= 11 is 0. The van der Waals surface area contributed by atoms with Gasteiger partial charge in [-0.25, -0.2) is 0 Å². The van der Waals surface area contributed by atoms with Crippen LogP contribution in [-0.4, -0.2) is 48.3 Å². The lowest BCUT2D eigenvalue weighted by Gasteiger charge is -2.24. The summed E-state index contributed by atoms with van der Waals surface area (Å²) in [7, 11) is 0. The van der Waals surface area contributed by atoms with Crippen molar-refractivity contribution in [2.45, 2.75) is 13.8 Å². The summed E-state index contributed by atoms with van der Waals surface area (Å²) in [6.07, 6.45) is 1.74. The molecule has 0 saturated heterocycles. The Morgan fingerprint density at radius 1 is 1.03 bits per heavy atom. The first-order valence-corrected chi connectivity index (χ1v) is 10.8. The van der Waals surface area contributed by atoms with Gasteiger partial charge in [-0.05, 0) is 42.5 Å². The molecule has 2 N–H and O–H groups in total. The van der Waals surface area contributed by atoms with E-state index in [0.717, 1.165) is 16.9 Å². The number of hydrogen-bond acceptors (Lipinski definition) is 8. The highest BCUT2D eigenvalue weighted by molar-refractivity contribution is 5.93. The maximum atomic E-state index is 11.8. The van der Waals surface area contributed by atoms with Crippen molar-refractivity contribution in [3.8, 4) is 11.3 Å². The number of benzene rings is 2. The molecule has 0 fully saturated rings. The van der Waals surface area contributed by atoms with Crippen LogP contribution >= 0.6 is 0 Å². The topological polar surface area (TPSA) is 116 Å². The van der Waals surface area contributed by atoms with Gasteiger partial charge in [-0.1, -0.05) is 18.2 Å². The van der Waals surface area contributed by atoms with Gasteiger partial charge >= 0.3 is 5.97 Å². The number of azo groups is 1. The van der Waals surface area contributed by atoms with E-state index < -0.39 is 0 Å². The number of ether oxygens (including phenoxy) is 1. The Labute approximate surface area is 198 Å². The van der Waals surface area contributed by atoms with Gasteiger partial charge in [0.2, 0.25) is 5.91 Å². The predicted molar refractivity (Wildman–Crippen MR) is 131 cm³/mol. The number of carbonyl (C=O) groups excluding carboxylic acids is 2. The number of hydrogen-bond donors (Lipinski definition) is 2. The first kappa shape index (κ1) is 24.5. The average Bonchev–Trinajstić information content (AvgIpc) is 2.83. The summed E-state index contributed by atoms with van der Waals surface area (Å²) in [6.45, 7) is 3.59. The fourth-order valence-corrected chi connectivity index (χ4v) is 3.23. The second-order valence-corrected chi connectivity index (χ2v) is 7.40. The van der Waals surface area contributed by atoms with Gasteiger partial charge in [0.25, 0.3) is 0 Å². The molecule has 1 aromatic heterocycles. The molecule has 1 amide bonds. The van der Waals surface area contributed by atoms with Crippen LogP contribution in [0.4, 0.5) is 22.7 Å². The molecule has 0 aliphatic carbocycles. The van der Waals surface area contributed by atoms with Crippen molar-refractivity contribution in [2.75, 3.05) is 36.5 Å². The maximum Gasteiger partial charge on any atom is 0.302 e. The zero-order valence-corrected chi connectivity index (χ0v) is 19.1. The third-order valence-corrected chi connectivity index (χ3v) is 4.79. The van der Waals surface area contributed by atoms with Crippen molar-refractivity contribution in [1.29, 1.82) is 0 Å². The molecule has 3 aromatic rings. The monoisotopic (exact) mass is 461 g/mol. The number of aromatic nitrogens is 1.